The summed E-state index contributed by atoms with van der Waals surface area (Å²) in [5.74, 6) is 0. The summed E-state index contributed by atoms with van der Waals surface area (Å²) in [7, 11) is 0. The molecule has 2 aromatic heterocycles. The van der Waals surface area contributed by atoms with Gasteiger partial charge < -0.3 is 4.90 Å². The van der Waals surface area contributed by atoms with E-state index in [2.05, 4.69) is 27.0 Å². The summed E-state index contributed by atoms with van der Waals surface area (Å²) >= 11 is 1.72. The first-order valence-corrected chi connectivity index (χ1v) is 6.39. The molecule has 1 saturated heterocycles. The van der Waals surface area contributed by atoms with Crippen molar-refractivity contribution in [2.45, 2.75) is 18.9 Å². The highest BCUT2D eigenvalue weighted by molar-refractivity contribution is 7.13. The van der Waals surface area contributed by atoms with Gasteiger partial charge in [-0.2, -0.15) is 0 Å². The normalized spacial score (nSPS) is 20.2. The number of hydrogen-bond donors (Lipinski definition) is 0. The SMILES string of the molecule is c1cc(C2CCCN2c2nccs2)ccn1. The molecule has 0 radical (unpaired) electrons. The molecule has 82 valence electrons. The summed E-state index contributed by atoms with van der Waals surface area (Å²) in [6.07, 6.45) is 8.07. The molecular formula is C12H13N3S. The minimum atomic E-state index is 0.481. The van der Waals surface area contributed by atoms with Gasteiger partial charge in [0.25, 0.3) is 0 Å². The third-order valence-corrected chi connectivity index (χ3v) is 3.82. The highest BCUT2D eigenvalue weighted by Crippen LogP contribution is 2.36. The lowest BCUT2D eigenvalue weighted by atomic mass is 10.1. The standard InChI is InChI=1S/C12H13N3S/c1-2-11(10-3-5-13-6-4-10)15(8-1)12-14-7-9-16-12/h3-7,9,11H,1-2,8H2. The largest absolute Gasteiger partial charge is 0.341 e. The van der Waals surface area contributed by atoms with Crippen LogP contribution in [-0.4, -0.2) is 16.5 Å². The monoisotopic (exact) mass is 231 g/mol. The summed E-state index contributed by atoms with van der Waals surface area (Å²) in [6.45, 7) is 1.11. The minimum absolute atomic E-state index is 0.481. The topological polar surface area (TPSA) is 29.0 Å². The van der Waals surface area contributed by atoms with Crippen molar-refractivity contribution in [1.82, 2.24) is 9.97 Å². The molecule has 0 spiro atoms. The Balaban J connectivity index is 1.90. The van der Waals surface area contributed by atoms with Crippen molar-refractivity contribution in [2.75, 3.05) is 11.4 Å². The van der Waals surface area contributed by atoms with Crippen LogP contribution in [0.2, 0.25) is 0 Å². The van der Waals surface area contributed by atoms with Crippen molar-refractivity contribution >= 4 is 16.5 Å². The first kappa shape index (κ1) is 9.78. The van der Waals surface area contributed by atoms with Crippen molar-refractivity contribution in [3.8, 4) is 0 Å². The zero-order chi connectivity index (χ0) is 10.8. The molecule has 2 aromatic rings. The second-order valence-electron chi connectivity index (χ2n) is 3.95. The fraction of sp³-hybridized carbons (Fsp3) is 0.333. The van der Waals surface area contributed by atoms with Crippen molar-refractivity contribution < 1.29 is 0 Å². The van der Waals surface area contributed by atoms with Gasteiger partial charge >= 0.3 is 0 Å². The third kappa shape index (κ3) is 1.69. The van der Waals surface area contributed by atoms with Gasteiger partial charge in [0.05, 0.1) is 6.04 Å². The molecular weight excluding hydrogens is 218 g/mol. The predicted octanol–water partition coefficient (Wildman–Crippen LogP) is 2.88. The van der Waals surface area contributed by atoms with Crippen LogP contribution in [0.3, 0.4) is 0 Å². The lowest BCUT2D eigenvalue weighted by Gasteiger charge is -2.24. The second kappa shape index (κ2) is 4.22. The van der Waals surface area contributed by atoms with Gasteiger partial charge in [-0.25, -0.2) is 4.98 Å². The van der Waals surface area contributed by atoms with Crippen LogP contribution < -0.4 is 4.90 Å². The molecule has 0 aliphatic carbocycles. The summed E-state index contributed by atoms with van der Waals surface area (Å²) in [6, 6.07) is 4.70. The van der Waals surface area contributed by atoms with Gasteiger partial charge in [-0.15, -0.1) is 11.3 Å². The Labute approximate surface area is 98.8 Å². The number of rotatable bonds is 2. The Morgan fingerprint density at radius 1 is 1.25 bits per heavy atom. The Hall–Kier alpha value is -1.42. The molecule has 1 atom stereocenters. The van der Waals surface area contributed by atoms with Crippen LogP contribution in [0.15, 0.2) is 36.1 Å². The third-order valence-electron chi connectivity index (χ3n) is 3.01. The average molecular weight is 231 g/mol. The van der Waals surface area contributed by atoms with Gasteiger partial charge in [-0.1, -0.05) is 0 Å². The van der Waals surface area contributed by atoms with Crippen molar-refractivity contribution in [1.29, 1.82) is 0 Å². The van der Waals surface area contributed by atoms with Crippen LogP contribution in [0, 0.1) is 0 Å². The summed E-state index contributed by atoms with van der Waals surface area (Å²) in [4.78, 5) is 10.9. The van der Waals surface area contributed by atoms with Gasteiger partial charge in [0.1, 0.15) is 0 Å². The minimum Gasteiger partial charge on any atom is -0.341 e. The molecule has 1 aliphatic heterocycles. The Morgan fingerprint density at radius 3 is 2.88 bits per heavy atom. The van der Waals surface area contributed by atoms with E-state index >= 15 is 0 Å². The molecule has 1 fully saturated rings. The van der Waals surface area contributed by atoms with E-state index in [1.165, 1.54) is 18.4 Å². The Kier molecular flexibility index (Phi) is 2.58. The molecule has 16 heavy (non-hydrogen) atoms. The summed E-state index contributed by atoms with van der Waals surface area (Å²) in [5, 5.41) is 3.18. The molecule has 0 amide bonds. The number of nitrogens with zero attached hydrogens (tertiary/aromatic N) is 3. The van der Waals surface area contributed by atoms with Gasteiger partial charge in [-0.05, 0) is 30.5 Å². The highest BCUT2D eigenvalue weighted by atomic mass is 32.1. The van der Waals surface area contributed by atoms with E-state index in [0.29, 0.717) is 6.04 Å². The fourth-order valence-corrected chi connectivity index (χ4v) is 3.00. The number of thiazole rings is 1. The lowest BCUT2D eigenvalue weighted by Crippen LogP contribution is -2.22. The maximum absolute atomic E-state index is 4.40. The van der Waals surface area contributed by atoms with Gasteiger partial charge in [0.15, 0.2) is 5.13 Å². The molecule has 3 heterocycles. The molecule has 1 aliphatic rings. The maximum Gasteiger partial charge on any atom is 0.185 e. The zero-order valence-electron chi connectivity index (χ0n) is 8.91. The van der Waals surface area contributed by atoms with Gasteiger partial charge in [-0.3, -0.25) is 4.98 Å². The van der Waals surface area contributed by atoms with Crippen molar-refractivity contribution in [3.05, 3.63) is 41.7 Å². The van der Waals surface area contributed by atoms with Crippen LogP contribution in [-0.2, 0) is 0 Å². The molecule has 3 nitrogen and oxygen atoms in total. The van der Waals surface area contributed by atoms with Crippen molar-refractivity contribution in [2.24, 2.45) is 0 Å². The molecule has 0 bridgehead atoms. The van der Waals surface area contributed by atoms with Crippen LogP contribution >= 0.6 is 11.3 Å². The molecule has 4 heteroatoms. The van der Waals surface area contributed by atoms with Gasteiger partial charge in [0.2, 0.25) is 0 Å². The van der Waals surface area contributed by atoms with E-state index in [0.717, 1.165) is 11.7 Å². The van der Waals surface area contributed by atoms with Crippen LogP contribution in [0.5, 0.6) is 0 Å². The maximum atomic E-state index is 4.40. The smallest absolute Gasteiger partial charge is 0.185 e. The second-order valence-corrected chi connectivity index (χ2v) is 4.82. The first-order chi connectivity index (χ1) is 7.95. The van der Waals surface area contributed by atoms with E-state index in [-0.39, 0.29) is 0 Å². The van der Waals surface area contributed by atoms with Crippen molar-refractivity contribution in [3.63, 3.8) is 0 Å². The lowest BCUT2D eigenvalue weighted by molar-refractivity contribution is 0.716. The fourth-order valence-electron chi connectivity index (χ4n) is 2.29. The average Bonchev–Trinajstić information content (AvgIpc) is 3.01. The number of hydrogen-bond acceptors (Lipinski definition) is 4. The van der Waals surface area contributed by atoms with E-state index in [1.54, 1.807) is 11.3 Å². The highest BCUT2D eigenvalue weighted by Gasteiger charge is 2.27. The van der Waals surface area contributed by atoms with E-state index in [1.807, 2.05) is 24.0 Å². The van der Waals surface area contributed by atoms with E-state index < -0.39 is 0 Å². The summed E-state index contributed by atoms with van der Waals surface area (Å²) in [5.41, 5.74) is 1.35. The van der Waals surface area contributed by atoms with Crippen LogP contribution in [0.1, 0.15) is 24.4 Å². The van der Waals surface area contributed by atoms with Gasteiger partial charge in [0, 0.05) is 30.5 Å². The van der Waals surface area contributed by atoms with Crippen LogP contribution in [0.25, 0.3) is 0 Å². The van der Waals surface area contributed by atoms with Crippen LogP contribution in [0.4, 0.5) is 5.13 Å². The Morgan fingerprint density at radius 2 is 2.12 bits per heavy atom. The Bertz CT molecular complexity index is 441. The molecule has 1 unspecified atom stereocenters. The first-order valence-electron chi connectivity index (χ1n) is 5.51. The molecule has 0 N–H and O–H groups in total. The van der Waals surface area contributed by atoms with E-state index in [4.69, 9.17) is 0 Å². The summed E-state index contributed by atoms with van der Waals surface area (Å²) < 4.78 is 0. The zero-order valence-corrected chi connectivity index (χ0v) is 9.73. The predicted molar refractivity (Wildman–Crippen MR) is 65.7 cm³/mol. The molecule has 3 rings (SSSR count). The molecule has 0 saturated carbocycles. The number of pyridine rings is 1. The quantitative estimate of drug-likeness (QED) is 0.795. The molecule has 0 aromatic carbocycles. The number of anilines is 1. The van der Waals surface area contributed by atoms with E-state index in [9.17, 15) is 0 Å². The number of aromatic nitrogens is 2.